The summed E-state index contributed by atoms with van der Waals surface area (Å²) in [4.78, 5) is 17.5. The molecule has 1 aromatic heterocycles. The van der Waals surface area contributed by atoms with Crippen molar-refractivity contribution < 1.29 is 27.5 Å². The van der Waals surface area contributed by atoms with Gasteiger partial charge in [-0.3, -0.25) is 4.90 Å². The maximum absolute atomic E-state index is 14.4. The lowest BCUT2D eigenvalue weighted by molar-refractivity contribution is -0.138. The first kappa shape index (κ1) is 23.1. The molecule has 1 aliphatic rings. The molecule has 0 radical (unpaired) electrons. The molecule has 0 amide bonds. The van der Waals surface area contributed by atoms with Crippen molar-refractivity contribution in [3.8, 4) is 6.07 Å². The number of aromatic nitrogens is 1. The van der Waals surface area contributed by atoms with E-state index in [9.17, 15) is 22.4 Å². The van der Waals surface area contributed by atoms with Crippen LogP contribution >= 0.6 is 12.2 Å². The standard InChI is InChI=1S/C21H16F4N4O2S/c1-4-20(3)11(2)28(13-7-15(21(23,24)25)17(9-26)27-10-13)19(32)29(20)12-5-6-14(18(30)31)16(22)8-12/h5-8,10H,2,4H2,1,3H3,(H,30,31). The minimum Gasteiger partial charge on any atom is -0.478 e. The van der Waals surface area contributed by atoms with E-state index in [0.29, 0.717) is 12.1 Å². The van der Waals surface area contributed by atoms with E-state index >= 15 is 0 Å². The number of hydrogen-bond acceptors (Lipinski definition) is 4. The van der Waals surface area contributed by atoms with Crippen LogP contribution in [0.2, 0.25) is 0 Å². The number of rotatable bonds is 4. The summed E-state index contributed by atoms with van der Waals surface area (Å²) in [7, 11) is 0. The van der Waals surface area contributed by atoms with Gasteiger partial charge in [0.05, 0.1) is 28.6 Å². The van der Waals surface area contributed by atoms with Crippen molar-refractivity contribution in [1.29, 1.82) is 5.26 Å². The van der Waals surface area contributed by atoms with Gasteiger partial charge >= 0.3 is 12.1 Å². The van der Waals surface area contributed by atoms with E-state index < -0.39 is 40.3 Å². The Hall–Kier alpha value is -3.52. The molecule has 1 aromatic carbocycles. The Labute approximate surface area is 186 Å². The SMILES string of the molecule is C=C1N(c2cnc(C#N)c(C(F)(F)F)c2)C(=S)N(c2ccc(C(=O)O)c(F)c2)C1(C)CC. The van der Waals surface area contributed by atoms with E-state index in [1.807, 2.05) is 0 Å². The second kappa shape index (κ2) is 7.87. The Bertz CT molecular complexity index is 1190. The zero-order valence-corrected chi connectivity index (χ0v) is 17.7. The Morgan fingerprint density at radius 2 is 2.00 bits per heavy atom. The number of carboxylic acids is 1. The molecule has 1 saturated heterocycles. The van der Waals surface area contributed by atoms with Crippen molar-refractivity contribution in [2.75, 3.05) is 9.80 Å². The number of carbonyl (C=O) groups is 1. The number of anilines is 2. The van der Waals surface area contributed by atoms with Gasteiger partial charge in [0, 0.05) is 11.4 Å². The van der Waals surface area contributed by atoms with Crippen LogP contribution in [-0.4, -0.2) is 26.7 Å². The van der Waals surface area contributed by atoms with Crippen LogP contribution in [0.4, 0.5) is 28.9 Å². The first-order valence-electron chi connectivity index (χ1n) is 9.20. The number of pyridine rings is 1. The highest BCUT2D eigenvalue weighted by Gasteiger charge is 2.48. The number of hydrogen-bond donors (Lipinski definition) is 1. The topological polar surface area (TPSA) is 80.5 Å². The minimum absolute atomic E-state index is 0.00135. The van der Waals surface area contributed by atoms with Crippen molar-refractivity contribution in [3.63, 3.8) is 0 Å². The monoisotopic (exact) mass is 464 g/mol. The van der Waals surface area contributed by atoms with E-state index in [2.05, 4.69) is 11.6 Å². The molecule has 1 N–H and O–H groups in total. The summed E-state index contributed by atoms with van der Waals surface area (Å²) in [5, 5.41) is 18.1. The highest BCUT2D eigenvalue weighted by atomic mass is 32.1. The summed E-state index contributed by atoms with van der Waals surface area (Å²) in [5.74, 6) is -2.43. The van der Waals surface area contributed by atoms with Crippen LogP contribution in [0, 0.1) is 17.1 Å². The third-order valence-electron chi connectivity index (χ3n) is 5.44. The molecule has 32 heavy (non-hydrogen) atoms. The summed E-state index contributed by atoms with van der Waals surface area (Å²) in [5.41, 5.74) is -3.02. The predicted molar refractivity (Wildman–Crippen MR) is 113 cm³/mol. The Morgan fingerprint density at radius 1 is 1.34 bits per heavy atom. The molecule has 0 aliphatic carbocycles. The smallest absolute Gasteiger partial charge is 0.419 e. The molecule has 1 unspecified atom stereocenters. The first-order chi connectivity index (χ1) is 14.9. The number of nitrogens with zero attached hydrogens (tertiary/aromatic N) is 4. The van der Waals surface area contributed by atoms with Gasteiger partial charge in [0.25, 0.3) is 0 Å². The largest absolute Gasteiger partial charge is 0.478 e. The van der Waals surface area contributed by atoms with E-state index in [1.165, 1.54) is 21.9 Å². The number of carboxylic acid groups (broad SMARTS) is 1. The van der Waals surface area contributed by atoms with Crippen molar-refractivity contribution in [1.82, 2.24) is 4.98 Å². The molecule has 2 heterocycles. The molecule has 0 spiro atoms. The number of alkyl halides is 3. The number of aromatic carboxylic acids is 1. The Morgan fingerprint density at radius 3 is 2.50 bits per heavy atom. The summed E-state index contributed by atoms with van der Waals surface area (Å²) in [6.07, 6.45) is -3.35. The fourth-order valence-corrected chi connectivity index (χ4v) is 4.04. The van der Waals surface area contributed by atoms with Crippen molar-refractivity contribution in [2.24, 2.45) is 0 Å². The fourth-order valence-electron chi connectivity index (χ4n) is 3.52. The van der Waals surface area contributed by atoms with E-state index in [0.717, 1.165) is 24.4 Å². The Balaban J connectivity index is 2.15. The lowest BCUT2D eigenvalue weighted by Crippen LogP contribution is -2.43. The minimum atomic E-state index is -4.82. The van der Waals surface area contributed by atoms with Crippen LogP contribution in [0.25, 0.3) is 0 Å². The van der Waals surface area contributed by atoms with Gasteiger partial charge in [-0.1, -0.05) is 13.5 Å². The number of thiocarbonyl (C=S) groups is 1. The van der Waals surface area contributed by atoms with Crippen molar-refractivity contribution >= 4 is 34.7 Å². The number of benzene rings is 1. The normalized spacial score (nSPS) is 18.8. The summed E-state index contributed by atoms with van der Waals surface area (Å²) in [6, 6.07) is 5.63. The van der Waals surface area contributed by atoms with E-state index in [1.54, 1.807) is 13.8 Å². The molecule has 1 aliphatic heterocycles. The maximum atomic E-state index is 14.4. The second-order valence-electron chi connectivity index (χ2n) is 7.20. The van der Waals surface area contributed by atoms with Crippen LogP contribution in [-0.2, 0) is 6.18 Å². The summed E-state index contributed by atoms with van der Waals surface area (Å²) < 4.78 is 54.7. The van der Waals surface area contributed by atoms with Gasteiger partial charge in [-0.25, -0.2) is 14.2 Å². The molecule has 6 nitrogen and oxygen atoms in total. The average molecular weight is 464 g/mol. The molecule has 3 rings (SSSR count). The molecular weight excluding hydrogens is 448 g/mol. The van der Waals surface area contributed by atoms with Gasteiger partial charge in [-0.15, -0.1) is 0 Å². The van der Waals surface area contributed by atoms with Crippen LogP contribution < -0.4 is 9.80 Å². The molecule has 1 atom stereocenters. The fraction of sp³-hybridized carbons (Fsp3) is 0.238. The predicted octanol–water partition coefficient (Wildman–Crippen LogP) is 5.10. The molecule has 0 saturated carbocycles. The molecule has 166 valence electrons. The van der Waals surface area contributed by atoms with Crippen LogP contribution in [0.5, 0.6) is 0 Å². The van der Waals surface area contributed by atoms with Crippen molar-refractivity contribution in [3.05, 3.63) is 65.4 Å². The van der Waals surface area contributed by atoms with Gasteiger partial charge in [0.15, 0.2) is 10.8 Å². The van der Waals surface area contributed by atoms with Crippen LogP contribution in [0.1, 0.15) is 41.9 Å². The summed E-state index contributed by atoms with van der Waals surface area (Å²) >= 11 is 5.52. The number of nitriles is 1. The van der Waals surface area contributed by atoms with Gasteiger partial charge in [-0.2, -0.15) is 18.4 Å². The highest BCUT2D eigenvalue weighted by molar-refractivity contribution is 7.80. The van der Waals surface area contributed by atoms with Gasteiger partial charge in [-0.05, 0) is 49.8 Å². The van der Waals surface area contributed by atoms with Gasteiger partial charge < -0.3 is 10.0 Å². The summed E-state index contributed by atoms with van der Waals surface area (Å²) in [6.45, 7) is 7.52. The van der Waals surface area contributed by atoms with Crippen LogP contribution in [0.3, 0.4) is 0 Å². The van der Waals surface area contributed by atoms with Gasteiger partial charge in [0.2, 0.25) is 0 Å². The van der Waals surface area contributed by atoms with Gasteiger partial charge in [0.1, 0.15) is 11.9 Å². The lowest BCUT2D eigenvalue weighted by atomic mass is 9.93. The average Bonchev–Trinajstić information content (AvgIpc) is 2.92. The molecular formula is C21H16F4N4O2S. The third kappa shape index (κ3) is 3.56. The second-order valence-corrected chi connectivity index (χ2v) is 7.56. The molecule has 0 bridgehead atoms. The zero-order valence-electron chi connectivity index (χ0n) is 16.9. The highest BCUT2D eigenvalue weighted by Crippen LogP contribution is 2.44. The van der Waals surface area contributed by atoms with Crippen molar-refractivity contribution in [2.45, 2.75) is 32.0 Å². The number of halogens is 4. The quantitative estimate of drug-likeness (QED) is 0.498. The zero-order chi connectivity index (χ0) is 24.0. The van der Waals surface area contributed by atoms with E-state index in [-0.39, 0.29) is 16.5 Å². The first-order valence-corrected chi connectivity index (χ1v) is 9.61. The lowest BCUT2D eigenvalue weighted by Gasteiger charge is -2.34. The maximum Gasteiger partial charge on any atom is 0.419 e. The molecule has 2 aromatic rings. The molecule has 1 fully saturated rings. The molecule has 11 heteroatoms. The van der Waals surface area contributed by atoms with Crippen LogP contribution in [0.15, 0.2) is 42.7 Å². The Kier molecular flexibility index (Phi) is 5.69. The van der Waals surface area contributed by atoms with E-state index in [4.69, 9.17) is 22.6 Å². The third-order valence-corrected chi connectivity index (χ3v) is 5.81.